The molecule has 78 valence electrons. The summed E-state index contributed by atoms with van der Waals surface area (Å²) in [4.78, 5) is 0. The minimum absolute atomic E-state index is 0.784. The molecule has 0 aromatic rings. The molecule has 0 heterocycles. The highest BCUT2D eigenvalue weighted by molar-refractivity contribution is 4.95. The van der Waals surface area contributed by atoms with E-state index in [2.05, 4.69) is 33.8 Å². The van der Waals surface area contributed by atoms with Gasteiger partial charge in [0.25, 0.3) is 0 Å². The molecular formula is C13H26. The van der Waals surface area contributed by atoms with E-state index in [1.165, 1.54) is 44.1 Å². The van der Waals surface area contributed by atoms with Crippen LogP contribution in [0.3, 0.4) is 0 Å². The monoisotopic (exact) mass is 182 g/mol. The Hall–Kier alpha value is -0.260. The quantitative estimate of drug-likeness (QED) is 0.386. The lowest BCUT2D eigenvalue weighted by atomic mass is 10.0. The van der Waals surface area contributed by atoms with Crippen molar-refractivity contribution in [3.8, 4) is 0 Å². The molecule has 13 heavy (non-hydrogen) atoms. The fraction of sp³-hybridized carbons (Fsp3) is 0.846. The fourth-order valence-corrected chi connectivity index (χ4v) is 1.72. The SMILES string of the molecule is CCCCCCCC(C)C=C(C)C. The molecule has 0 nitrogen and oxygen atoms in total. The van der Waals surface area contributed by atoms with E-state index >= 15 is 0 Å². The summed E-state index contributed by atoms with van der Waals surface area (Å²) in [7, 11) is 0. The lowest BCUT2D eigenvalue weighted by Crippen LogP contribution is -1.90. The molecule has 0 N–H and O–H groups in total. The molecule has 0 rings (SSSR count). The highest BCUT2D eigenvalue weighted by Crippen LogP contribution is 2.13. The predicted molar refractivity (Wildman–Crippen MR) is 62.0 cm³/mol. The fourth-order valence-electron chi connectivity index (χ4n) is 1.72. The van der Waals surface area contributed by atoms with Crippen molar-refractivity contribution in [2.24, 2.45) is 5.92 Å². The highest BCUT2D eigenvalue weighted by atomic mass is 14.0. The molecule has 0 spiro atoms. The Labute approximate surface area is 84.4 Å². The standard InChI is InChI=1S/C13H26/c1-5-6-7-8-9-10-13(4)11-12(2)3/h11,13H,5-10H2,1-4H3. The van der Waals surface area contributed by atoms with Crippen molar-refractivity contribution in [2.75, 3.05) is 0 Å². The highest BCUT2D eigenvalue weighted by Gasteiger charge is 1.97. The molecule has 0 heteroatoms. The average molecular weight is 182 g/mol. The van der Waals surface area contributed by atoms with Gasteiger partial charge in [-0.05, 0) is 26.2 Å². The molecule has 1 atom stereocenters. The summed E-state index contributed by atoms with van der Waals surface area (Å²) in [6, 6.07) is 0. The topological polar surface area (TPSA) is 0 Å². The van der Waals surface area contributed by atoms with Crippen molar-refractivity contribution in [2.45, 2.75) is 66.2 Å². The summed E-state index contributed by atoms with van der Waals surface area (Å²) in [5.74, 6) is 0.784. The lowest BCUT2D eigenvalue weighted by Gasteiger charge is -2.06. The molecule has 0 aliphatic heterocycles. The second-order valence-electron chi connectivity index (χ2n) is 4.42. The van der Waals surface area contributed by atoms with Crippen molar-refractivity contribution < 1.29 is 0 Å². The Morgan fingerprint density at radius 3 is 2.23 bits per heavy atom. The van der Waals surface area contributed by atoms with E-state index in [-0.39, 0.29) is 0 Å². The van der Waals surface area contributed by atoms with E-state index in [0.29, 0.717) is 0 Å². The van der Waals surface area contributed by atoms with Gasteiger partial charge in [0.2, 0.25) is 0 Å². The third-order valence-corrected chi connectivity index (χ3v) is 2.38. The third kappa shape index (κ3) is 9.66. The average Bonchev–Trinajstić information content (AvgIpc) is 2.02. The van der Waals surface area contributed by atoms with Crippen LogP contribution in [0.5, 0.6) is 0 Å². The van der Waals surface area contributed by atoms with Gasteiger partial charge in [-0.15, -0.1) is 0 Å². The Morgan fingerprint density at radius 1 is 1.08 bits per heavy atom. The molecule has 0 bridgehead atoms. The van der Waals surface area contributed by atoms with Crippen molar-refractivity contribution in [3.63, 3.8) is 0 Å². The molecule has 0 saturated heterocycles. The van der Waals surface area contributed by atoms with Gasteiger partial charge in [0.1, 0.15) is 0 Å². The third-order valence-electron chi connectivity index (χ3n) is 2.38. The molecule has 0 saturated carbocycles. The Kier molecular flexibility index (Phi) is 8.18. The van der Waals surface area contributed by atoms with Crippen LogP contribution >= 0.6 is 0 Å². The number of allylic oxidation sites excluding steroid dienone is 2. The van der Waals surface area contributed by atoms with Crippen LogP contribution in [0.15, 0.2) is 11.6 Å². The van der Waals surface area contributed by atoms with Crippen LogP contribution in [0.2, 0.25) is 0 Å². The van der Waals surface area contributed by atoms with Crippen molar-refractivity contribution in [1.29, 1.82) is 0 Å². The van der Waals surface area contributed by atoms with Gasteiger partial charge in [-0.25, -0.2) is 0 Å². The molecule has 0 aliphatic rings. The van der Waals surface area contributed by atoms with Crippen LogP contribution in [-0.4, -0.2) is 0 Å². The summed E-state index contributed by atoms with van der Waals surface area (Å²) >= 11 is 0. The minimum Gasteiger partial charge on any atom is -0.0830 e. The zero-order valence-corrected chi connectivity index (χ0v) is 9.90. The van der Waals surface area contributed by atoms with Gasteiger partial charge in [-0.3, -0.25) is 0 Å². The summed E-state index contributed by atoms with van der Waals surface area (Å²) in [5, 5.41) is 0. The van der Waals surface area contributed by atoms with Crippen molar-refractivity contribution in [3.05, 3.63) is 11.6 Å². The maximum Gasteiger partial charge on any atom is -0.0259 e. The predicted octanol–water partition coefficient (Wildman–Crippen LogP) is 4.95. The first-order chi connectivity index (χ1) is 6.16. The Bertz CT molecular complexity index is 129. The van der Waals surface area contributed by atoms with E-state index in [1.54, 1.807) is 0 Å². The second-order valence-corrected chi connectivity index (χ2v) is 4.42. The maximum absolute atomic E-state index is 2.39. The smallest absolute Gasteiger partial charge is 0.0259 e. The summed E-state index contributed by atoms with van der Waals surface area (Å²) in [5.41, 5.74) is 1.46. The number of rotatable bonds is 7. The molecule has 0 aliphatic carbocycles. The summed E-state index contributed by atoms with van der Waals surface area (Å²) in [6.45, 7) is 8.97. The molecule has 0 radical (unpaired) electrons. The van der Waals surface area contributed by atoms with Crippen LogP contribution in [-0.2, 0) is 0 Å². The number of hydrogen-bond acceptors (Lipinski definition) is 0. The van der Waals surface area contributed by atoms with Crippen LogP contribution in [0.4, 0.5) is 0 Å². The van der Waals surface area contributed by atoms with Crippen LogP contribution in [0, 0.1) is 5.92 Å². The molecule has 1 unspecified atom stereocenters. The van der Waals surface area contributed by atoms with Crippen molar-refractivity contribution in [1.82, 2.24) is 0 Å². The lowest BCUT2D eigenvalue weighted by molar-refractivity contribution is 0.549. The van der Waals surface area contributed by atoms with E-state index < -0.39 is 0 Å². The zero-order valence-electron chi connectivity index (χ0n) is 9.90. The van der Waals surface area contributed by atoms with Crippen LogP contribution in [0.1, 0.15) is 66.2 Å². The van der Waals surface area contributed by atoms with Crippen LogP contribution < -0.4 is 0 Å². The molecule has 0 aromatic carbocycles. The van der Waals surface area contributed by atoms with Gasteiger partial charge in [0, 0.05) is 0 Å². The van der Waals surface area contributed by atoms with Gasteiger partial charge >= 0.3 is 0 Å². The zero-order chi connectivity index (χ0) is 10.1. The summed E-state index contributed by atoms with van der Waals surface area (Å²) < 4.78 is 0. The van der Waals surface area contributed by atoms with Gasteiger partial charge in [0.05, 0.1) is 0 Å². The minimum atomic E-state index is 0.784. The van der Waals surface area contributed by atoms with Gasteiger partial charge < -0.3 is 0 Å². The first-order valence-electron chi connectivity index (χ1n) is 5.81. The normalized spacial score (nSPS) is 12.6. The number of unbranched alkanes of at least 4 members (excludes halogenated alkanes) is 4. The molecule has 0 fully saturated rings. The van der Waals surface area contributed by atoms with Crippen LogP contribution in [0.25, 0.3) is 0 Å². The second kappa shape index (κ2) is 8.34. The van der Waals surface area contributed by atoms with Gasteiger partial charge in [-0.2, -0.15) is 0 Å². The first-order valence-corrected chi connectivity index (χ1v) is 5.81. The van der Waals surface area contributed by atoms with Gasteiger partial charge in [-0.1, -0.05) is 57.6 Å². The maximum atomic E-state index is 2.39. The van der Waals surface area contributed by atoms with E-state index in [0.717, 1.165) is 5.92 Å². The van der Waals surface area contributed by atoms with E-state index in [9.17, 15) is 0 Å². The molecular weight excluding hydrogens is 156 g/mol. The molecule has 0 aromatic heterocycles. The van der Waals surface area contributed by atoms with Crippen molar-refractivity contribution >= 4 is 0 Å². The van der Waals surface area contributed by atoms with E-state index in [1.807, 2.05) is 0 Å². The number of hydrogen-bond donors (Lipinski definition) is 0. The Balaban J connectivity index is 3.27. The largest absolute Gasteiger partial charge is 0.0830 e. The molecule has 0 amide bonds. The summed E-state index contributed by atoms with van der Waals surface area (Å²) in [6.07, 6.45) is 10.8. The van der Waals surface area contributed by atoms with E-state index in [4.69, 9.17) is 0 Å². The Morgan fingerprint density at radius 2 is 1.69 bits per heavy atom. The van der Waals surface area contributed by atoms with Gasteiger partial charge in [0.15, 0.2) is 0 Å². The first kappa shape index (κ1) is 12.7.